The summed E-state index contributed by atoms with van der Waals surface area (Å²) in [6.45, 7) is 9.70. The highest BCUT2D eigenvalue weighted by molar-refractivity contribution is 5.88. The molecule has 0 aromatic rings. The molecule has 0 unspecified atom stereocenters. The van der Waals surface area contributed by atoms with Crippen molar-refractivity contribution in [2.45, 2.75) is 33.2 Å². The standard InChI is InChI=1S/C12H24N2O/c1-7-14(12(2,3)4)11(15)9-8-10-13(5)6/h8-9H,7,10H2,1-6H3/b9-8+. The van der Waals surface area contributed by atoms with Gasteiger partial charge in [0.2, 0.25) is 5.91 Å². The van der Waals surface area contributed by atoms with E-state index in [1.54, 1.807) is 6.08 Å². The third-order valence-corrected chi connectivity index (χ3v) is 2.12. The number of likely N-dealkylation sites (N-methyl/N-ethyl adjacent to an activating group) is 2. The molecule has 3 heteroatoms. The summed E-state index contributed by atoms with van der Waals surface area (Å²) >= 11 is 0. The van der Waals surface area contributed by atoms with Crippen molar-refractivity contribution < 1.29 is 4.79 Å². The van der Waals surface area contributed by atoms with E-state index in [9.17, 15) is 4.79 Å². The maximum absolute atomic E-state index is 11.8. The molecule has 0 aliphatic rings. The maximum atomic E-state index is 11.8. The molecule has 0 radical (unpaired) electrons. The van der Waals surface area contributed by atoms with Crippen molar-refractivity contribution in [1.82, 2.24) is 9.80 Å². The van der Waals surface area contributed by atoms with Crippen LogP contribution < -0.4 is 0 Å². The van der Waals surface area contributed by atoms with E-state index in [2.05, 4.69) is 0 Å². The molecule has 88 valence electrons. The summed E-state index contributed by atoms with van der Waals surface area (Å²) in [7, 11) is 3.96. The Hall–Kier alpha value is -0.830. The monoisotopic (exact) mass is 212 g/mol. The molecule has 0 saturated carbocycles. The predicted molar refractivity (Wildman–Crippen MR) is 64.8 cm³/mol. The highest BCUT2D eigenvalue weighted by Gasteiger charge is 2.22. The predicted octanol–water partition coefficient (Wildman–Crippen LogP) is 1.75. The van der Waals surface area contributed by atoms with Crippen LogP contribution in [0.5, 0.6) is 0 Å². The SMILES string of the molecule is CCN(C(=O)/C=C/CN(C)C)C(C)(C)C. The van der Waals surface area contributed by atoms with Crippen LogP contribution in [0.1, 0.15) is 27.7 Å². The van der Waals surface area contributed by atoms with Gasteiger partial charge in [-0.1, -0.05) is 6.08 Å². The molecule has 0 fully saturated rings. The van der Waals surface area contributed by atoms with E-state index < -0.39 is 0 Å². The van der Waals surface area contributed by atoms with Crippen LogP contribution in [0, 0.1) is 0 Å². The molecule has 0 aromatic heterocycles. The Balaban J connectivity index is 4.35. The Morgan fingerprint density at radius 3 is 2.13 bits per heavy atom. The minimum Gasteiger partial charge on any atom is -0.335 e. The van der Waals surface area contributed by atoms with Gasteiger partial charge < -0.3 is 9.80 Å². The van der Waals surface area contributed by atoms with E-state index in [0.29, 0.717) is 0 Å². The van der Waals surface area contributed by atoms with Crippen molar-refractivity contribution in [2.24, 2.45) is 0 Å². The summed E-state index contributed by atoms with van der Waals surface area (Å²) in [6, 6.07) is 0. The zero-order chi connectivity index (χ0) is 12.1. The quantitative estimate of drug-likeness (QED) is 0.663. The summed E-state index contributed by atoms with van der Waals surface area (Å²) in [5, 5.41) is 0. The van der Waals surface area contributed by atoms with Gasteiger partial charge in [-0.05, 0) is 41.8 Å². The third-order valence-electron chi connectivity index (χ3n) is 2.12. The maximum Gasteiger partial charge on any atom is 0.246 e. The second-order valence-corrected chi connectivity index (χ2v) is 4.92. The minimum atomic E-state index is -0.103. The highest BCUT2D eigenvalue weighted by Crippen LogP contribution is 2.13. The number of rotatable bonds is 4. The molecule has 0 atom stereocenters. The van der Waals surface area contributed by atoms with Gasteiger partial charge in [-0.15, -0.1) is 0 Å². The van der Waals surface area contributed by atoms with Gasteiger partial charge in [0.1, 0.15) is 0 Å². The van der Waals surface area contributed by atoms with Gasteiger partial charge in [-0.25, -0.2) is 0 Å². The van der Waals surface area contributed by atoms with Crippen molar-refractivity contribution in [2.75, 3.05) is 27.2 Å². The fraction of sp³-hybridized carbons (Fsp3) is 0.750. The molecule has 1 amide bonds. The molecule has 0 saturated heterocycles. The first-order chi connectivity index (χ1) is 6.79. The van der Waals surface area contributed by atoms with Gasteiger partial charge in [-0.2, -0.15) is 0 Å². The van der Waals surface area contributed by atoms with Crippen LogP contribution in [0.15, 0.2) is 12.2 Å². The lowest BCUT2D eigenvalue weighted by molar-refractivity contribution is -0.130. The number of carbonyl (C=O) groups is 1. The molecule has 15 heavy (non-hydrogen) atoms. The van der Waals surface area contributed by atoms with Crippen LogP contribution in [0.25, 0.3) is 0 Å². The fourth-order valence-corrected chi connectivity index (χ4v) is 1.42. The summed E-state index contributed by atoms with van der Waals surface area (Å²) in [5.74, 6) is 0.0897. The Morgan fingerprint density at radius 2 is 1.80 bits per heavy atom. The number of hydrogen-bond donors (Lipinski definition) is 0. The van der Waals surface area contributed by atoms with E-state index in [-0.39, 0.29) is 11.4 Å². The third kappa shape index (κ3) is 5.57. The first kappa shape index (κ1) is 14.2. The first-order valence-corrected chi connectivity index (χ1v) is 5.42. The van der Waals surface area contributed by atoms with Gasteiger partial charge >= 0.3 is 0 Å². The fourth-order valence-electron chi connectivity index (χ4n) is 1.42. The summed E-state index contributed by atoms with van der Waals surface area (Å²) in [6.07, 6.45) is 3.56. The molecular weight excluding hydrogens is 188 g/mol. The van der Waals surface area contributed by atoms with Crippen molar-refractivity contribution in [3.05, 3.63) is 12.2 Å². The van der Waals surface area contributed by atoms with Gasteiger partial charge in [0.15, 0.2) is 0 Å². The Morgan fingerprint density at radius 1 is 1.27 bits per heavy atom. The average molecular weight is 212 g/mol. The van der Waals surface area contributed by atoms with Gasteiger partial charge in [0.25, 0.3) is 0 Å². The number of amides is 1. The number of hydrogen-bond acceptors (Lipinski definition) is 2. The Labute approximate surface area is 93.7 Å². The molecule has 0 aliphatic heterocycles. The lowest BCUT2D eigenvalue weighted by Gasteiger charge is -2.34. The van der Waals surface area contributed by atoms with Crippen molar-refractivity contribution >= 4 is 5.91 Å². The van der Waals surface area contributed by atoms with E-state index in [0.717, 1.165) is 13.1 Å². The summed E-state index contributed by atoms with van der Waals surface area (Å²) in [5.41, 5.74) is -0.103. The van der Waals surface area contributed by atoms with Crippen LogP contribution in [0.2, 0.25) is 0 Å². The van der Waals surface area contributed by atoms with Gasteiger partial charge in [-0.3, -0.25) is 4.79 Å². The van der Waals surface area contributed by atoms with E-state index in [4.69, 9.17) is 0 Å². The largest absolute Gasteiger partial charge is 0.335 e. The van der Waals surface area contributed by atoms with Crippen LogP contribution in [-0.2, 0) is 4.79 Å². The average Bonchev–Trinajstić information content (AvgIpc) is 2.01. The molecule has 3 nitrogen and oxygen atoms in total. The zero-order valence-electron chi connectivity index (χ0n) is 10.9. The number of carbonyl (C=O) groups excluding carboxylic acids is 1. The topological polar surface area (TPSA) is 23.6 Å². The lowest BCUT2D eigenvalue weighted by atomic mass is 10.1. The van der Waals surface area contributed by atoms with Gasteiger partial charge in [0.05, 0.1) is 0 Å². The highest BCUT2D eigenvalue weighted by atomic mass is 16.2. The minimum absolute atomic E-state index is 0.0897. The summed E-state index contributed by atoms with van der Waals surface area (Å²) in [4.78, 5) is 15.7. The normalized spacial score (nSPS) is 12.5. The molecular formula is C12H24N2O. The molecule has 0 bridgehead atoms. The lowest BCUT2D eigenvalue weighted by Crippen LogP contribution is -2.44. The molecule has 0 aliphatic carbocycles. The van der Waals surface area contributed by atoms with Crippen molar-refractivity contribution in [3.8, 4) is 0 Å². The Bertz CT molecular complexity index is 226. The molecule has 0 N–H and O–H groups in total. The smallest absolute Gasteiger partial charge is 0.246 e. The zero-order valence-corrected chi connectivity index (χ0v) is 10.9. The van der Waals surface area contributed by atoms with Gasteiger partial charge in [0, 0.05) is 24.7 Å². The number of nitrogens with zero attached hydrogens (tertiary/aromatic N) is 2. The molecule has 0 rings (SSSR count). The second kappa shape index (κ2) is 5.91. The van der Waals surface area contributed by atoms with Crippen molar-refractivity contribution in [1.29, 1.82) is 0 Å². The van der Waals surface area contributed by atoms with E-state index >= 15 is 0 Å². The van der Waals surface area contributed by atoms with Crippen LogP contribution in [-0.4, -0.2) is 48.4 Å². The molecule has 0 aromatic carbocycles. The van der Waals surface area contributed by atoms with Crippen LogP contribution in [0.3, 0.4) is 0 Å². The first-order valence-electron chi connectivity index (χ1n) is 5.42. The van der Waals surface area contributed by atoms with E-state index in [1.165, 1.54) is 0 Å². The molecule has 0 spiro atoms. The second-order valence-electron chi connectivity index (χ2n) is 4.92. The summed E-state index contributed by atoms with van der Waals surface area (Å²) < 4.78 is 0. The van der Waals surface area contributed by atoms with E-state index in [1.807, 2.05) is 57.7 Å². The van der Waals surface area contributed by atoms with Crippen LogP contribution in [0.4, 0.5) is 0 Å². The van der Waals surface area contributed by atoms with Crippen LogP contribution >= 0.6 is 0 Å². The van der Waals surface area contributed by atoms with Crippen molar-refractivity contribution in [3.63, 3.8) is 0 Å². The Kier molecular flexibility index (Phi) is 5.58. The molecule has 0 heterocycles.